The third-order valence-electron chi connectivity index (χ3n) is 6.09. The van der Waals surface area contributed by atoms with E-state index in [-0.39, 0.29) is 17.3 Å². The average molecular weight is 489 g/mol. The fraction of sp³-hybridized carbons (Fsp3) is 0.458. The molecule has 10 heteroatoms. The number of amides is 1. The van der Waals surface area contributed by atoms with E-state index in [0.717, 1.165) is 24.9 Å². The summed E-state index contributed by atoms with van der Waals surface area (Å²) in [5.41, 5.74) is 2.13. The van der Waals surface area contributed by atoms with Crippen molar-refractivity contribution in [3.8, 4) is 5.75 Å². The number of carbonyl (C=O) groups is 1. The van der Waals surface area contributed by atoms with Crippen molar-refractivity contribution < 1.29 is 22.7 Å². The van der Waals surface area contributed by atoms with Gasteiger partial charge in [-0.2, -0.15) is 4.31 Å². The van der Waals surface area contributed by atoms with Gasteiger partial charge in [0.15, 0.2) is 0 Å². The van der Waals surface area contributed by atoms with E-state index in [4.69, 9.17) is 9.47 Å². The highest BCUT2D eigenvalue weighted by Gasteiger charge is 2.27. The minimum atomic E-state index is -3.59. The van der Waals surface area contributed by atoms with Crippen LogP contribution in [0.3, 0.4) is 0 Å². The molecule has 34 heavy (non-hydrogen) atoms. The summed E-state index contributed by atoms with van der Waals surface area (Å²) in [4.78, 5) is 15.0. The summed E-state index contributed by atoms with van der Waals surface area (Å²) in [5.74, 6) is 0.473. The third kappa shape index (κ3) is 5.81. The summed E-state index contributed by atoms with van der Waals surface area (Å²) in [6.07, 6.45) is 2.81. The lowest BCUT2D eigenvalue weighted by atomic mass is 10.2. The maximum atomic E-state index is 13.2. The van der Waals surface area contributed by atoms with Crippen molar-refractivity contribution in [3.05, 3.63) is 42.5 Å². The topological polar surface area (TPSA) is 100 Å². The molecule has 2 aliphatic rings. The molecule has 2 saturated heterocycles. The molecule has 0 saturated carbocycles. The van der Waals surface area contributed by atoms with Gasteiger partial charge < -0.3 is 25.0 Å². The Labute approximate surface area is 201 Å². The van der Waals surface area contributed by atoms with Gasteiger partial charge in [0.05, 0.1) is 43.1 Å². The van der Waals surface area contributed by atoms with Crippen LogP contribution in [0.25, 0.3) is 0 Å². The van der Waals surface area contributed by atoms with Crippen LogP contribution in [-0.4, -0.2) is 71.7 Å². The predicted molar refractivity (Wildman–Crippen MR) is 132 cm³/mol. The van der Waals surface area contributed by atoms with Crippen molar-refractivity contribution in [1.82, 2.24) is 4.31 Å². The molecule has 2 heterocycles. The van der Waals surface area contributed by atoms with Gasteiger partial charge in [0.25, 0.3) is 0 Å². The molecule has 0 unspecified atom stereocenters. The summed E-state index contributed by atoms with van der Waals surface area (Å²) in [6.45, 7) is 3.68. The number of piperidine rings is 1. The SMILES string of the molecule is COc1ccc(NC(=O)CNc2cc(S(=O)(=O)N3CCCCC3)ccc2N2CCOCC2)cc1. The summed E-state index contributed by atoms with van der Waals surface area (Å²) in [7, 11) is -2.00. The standard InChI is InChI=1S/C24H32N4O5S/c1-32-20-7-5-19(6-8-20)26-24(29)18-25-22-17-21(34(30,31)28-11-3-2-4-12-28)9-10-23(22)27-13-15-33-16-14-27/h5-10,17,25H,2-4,11-16,18H2,1H3,(H,26,29). The van der Waals surface area contributed by atoms with E-state index in [1.165, 1.54) is 0 Å². The molecule has 184 valence electrons. The molecule has 0 atom stereocenters. The Bertz CT molecular complexity index is 1080. The maximum absolute atomic E-state index is 13.2. The van der Waals surface area contributed by atoms with Crippen LogP contribution in [-0.2, 0) is 19.6 Å². The first-order valence-corrected chi connectivity index (χ1v) is 13.1. The van der Waals surface area contributed by atoms with Gasteiger partial charge in [-0.25, -0.2) is 8.42 Å². The summed E-state index contributed by atoms with van der Waals surface area (Å²) in [5, 5.41) is 6.01. The second-order valence-corrected chi connectivity index (χ2v) is 10.3. The number of sulfonamides is 1. The fourth-order valence-corrected chi connectivity index (χ4v) is 5.75. The lowest BCUT2D eigenvalue weighted by Crippen LogP contribution is -2.37. The van der Waals surface area contributed by atoms with Gasteiger partial charge in [-0.05, 0) is 55.3 Å². The Morgan fingerprint density at radius 2 is 1.71 bits per heavy atom. The number of ether oxygens (including phenoxy) is 2. The number of anilines is 3. The Hall–Kier alpha value is -2.82. The minimum absolute atomic E-state index is 0.00339. The van der Waals surface area contributed by atoms with Crippen LogP contribution in [0.4, 0.5) is 17.1 Å². The van der Waals surface area contributed by atoms with Gasteiger partial charge >= 0.3 is 0 Å². The van der Waals surface area contributed by atoms with Gasteiger partial charge in [0.2, 0.25) is 15.9 Å². The number of morpholine rings is 1. The van der Waals surface area contributed by atoms with Crippen LogP contribution < -0.4 is 20.3 Å². The summed E-state index contributed by atoms with van der Waals surface area (Å²) in [6, 6.07) is 12.2. The van der Waals surface area contributed by atoms with Crippen LogP contribution in [0.2, 0.25) is 0 Å². The van der Waals surface area contributed by atoms with E-state index < -0.39 is 10.0 Å². The summed E-state index contributed by atoms with van der Waals surface area (Å²) < 4.78 is 38.6. The normalized spacial score (nSPS) is 17.3. The number of hydrogen-bond donors (Lipinski definition) is 2. The number of hydrogen-bond acceptors (Lipinski definition) is 7. The Morgan fingerprint density at radius 1 is 1.00 bits per heavy atom. The smallest absolute Gasteiger partial charge is 0.243 e. The molecule has 2 N–H and O–H groups in total. The second-order valence-electron chi connectivity index (χ2n) is 8.37. The highest BCUT2D eigenvalue weighted by atomic mass is 32.2. The van der Waals surface area contributed by atoms with Crippen molar-refractivity contribution in [2.24, 2.45) is 0 Å². The van der Waals surface area contributed by atoms with Crippen LogP contribution in [0.15, 0.2) is 47.4 Å². The fourth-order valence-electron chi connectivity index (χ4n) is 4.21. The minimum Gasteiger partial charge on any atom is -0.497 e. The zero-order chi connectivity index (χ0) is 24.0. The first-order valence-electron chi connectivity index (χ1n) is 11.6. The lowest BCUT2D eigenvalue weighted by molar-refractivity contribution is -0.114. The molecule has 1 amide bonds. The monoisotopic (exact) mass is 488 g/mol. The Balaban J connectivity index is 1.52. The predicted octanol–water partition coefficient (Wildman–Crippen LogP) is 2.76. The molecule has 0 aliphatic carbocycles. The van der Waals surface area contributed by atoms with Gasteiger partial charge in [-0.1, -0.05) is 6.42 Å². The quantitative estimate of drug-likeness (QED) is 0.589. The molecule has 2 aromatic carbocycles. The molecule has 0 spiro atoms. The van der Waals surface area contributed by atoms with Crippen LogP contribution in [0.5, 0.6) is 5.75 Å². The van der Waals surface area contributed by atoms with Crippen molar-refractivity contribution in [1.29, 1.82) is 0 Å². The highest BCUT2D eigenvalue weighted by Crippen LogP contribution is 2.31. The molecule has 4 rings (SSSR count). The van der Waals surface area contributed by atoms with E-state index in [1.807, 2.05) is 6.07 Å². The van der Waals surface area contributed by atoms with Gasteiger partial charge in [0.1, 0.15) is 5.75 Å². The van der Waals surface area contributed by atoms with Crippen LogP contribution in [0, 0.1) is 0 Å². The van der Waals surface area contributed by atoms with Crippen molar-refractivity contribution >= 4 is 33.0 Å². The molecule has 2 fully saturated rings. The zero-order valence-corrected chi connectivity index (χ0v) is 20.3. The largest absolute Gasteiger partial charge is 0.497 e. The van der Waals surface area contributed by atoms with Crippen molar-refractivity contribution in [2.75, 3.05) is 68.6 Å². The molecule has 0 aromatic heterocycles. The van der Waals surface area contributed by atoms with Gasteiger partial charge in [-0.15, -0.1) is 0 Å². The van der Waals surface area contributed by atoms with E-state index in [2.05, 4.69) is 15.5 Å². The molecule has 9 nitrogen and oxygen atoms in total. The third-order valence-corrected chi connectivity index (χ3v) is 7.98. The molecule has 0 bridgehead atoms. The number of nitrogens with one attached hydrogen (secondary N) is 2. The molecule has 2 aliphatic heterocycles. The summed E-state index contributed by atoms with van der Waals surface area (Å²) >= 11 is 0. The van der Waals surface area contributed by atoms with E-state index in [1.54, 1.807) is 47.8 Å². The lowest BCUT2D eigenvalue weighted by Gasteiger charge is -2.31. The van der Waals surface area contributed by atoms with Gasteiger partial charge in [0, 0.05) is 31.9 Å². The Morgan fingerprint density at radius 3 is 2.38 bits per heavy atom. The highest BCUT2D eigenvalue weighted by molar-refractivity contribution is 7.89. The number of carbonyl (C=O) groups excluding carboxylic acids is 1. The average Bonchev–Trinajstić information content (AvgIpc) is 2.89. The van der Waals surface area contributed by atoms with E-state index in [0.29, 0.717) is 56.5 Å². The van der Waals surface area contributed by atoms with Crippen molar-refractivity contribution in [2.45, 2.75) is 24.2 Å². The van der Waals surface area contributed by atoms with Crippen LogP contribution >= 0.6 is 0 Å². The first kappa shape index (κ1) is 24.3. The second kappa shape index (κ2) is 11.1. The first-order chi connectivity index (χ1) is 16.5. The number of methoxy groups -OCH3 is 1. The number of nitrogens with zero attached hydrogens (tertiary/aromatic N) is 2. The number of rotatable bonds is 8. The molecular weight excluding hydrogens is 456 g/mol. The maximum Gasteiger partial charge on any atom is 0.243 e. The van der Waals surface area contributed by atoms with Crippen molar-refractivity contribution in [3.63, 3.8) is 0 Å². The van der Waals surface area contributed by atoms with E-state index >= 15 is 0 Å². The Kier molecular flexibility index (Phi) is 7.91. The number of benzene rings is 2. The van der Waals surface area contributed by atoms with E-state index in [9.17, 15) is 13.2 Å². The molecule has 2 aromatic rings. The van der Waals surface area contributed by atoms with Crippen LogP contribution in [0.1, 0.15) is 19.3 Å². The molecule has 0 radical (unpaired) electrons. The zero-order valence-electron chi connectivity index (χ0n) is 19.5. The molecular formula is C24H32N4O5S. The van der Waals surface area contributed by atoms with Gasteiger partial charge in [-0.3, -0.25) is 4.79 Å².